The van der Waals surface area contributed by atoms with E-state index < -0.39 is 0 Å². The minimum atomic E-state index is 0.255. The smallest absolute Gasteiger partial charge is 0.119 e. The number of para-hydroxylation sites is 1. The van der Waals surface area contributed by atoms with E-state index in [0.29, 0.717) is 0 Å². The molecule has 3 heteroatoms. The van der Waals surface area contributed by atoms with Crippen molar-refractivity contribution in [3.05, 3.63) is 95.2 Å². The van der Waals surface area contributed by atoms with Crippen LogP contribution in [0.15, 0.2) is 77.8 Å². The van der Waals surface area contributed by atoms with Gasteiger partial charge in [-0.25, -0.2) is 0 Å². The second-order valence-corrected chi connectivity index (χ2v) is 7.41. The second-order valence-electron chi connectivity index (χ2n) is 7.41. The Morgan fingerprint density at radius 2 is 1.62 bits per heavy atom. The van der Waals surface area contributed by atoms with Crippen molar-refractivity contribution in [1.82, 2.24) is 4.57 Å². The Balaban J connectivity index is 1.85. The number of ether oxygens (including phenoxy) is 1. The van der Waals surface area contributed by atoms with Crippen LogP contribution in [0.25, 0.3) is 10.9 Å². The molecule has 0 bridgehead atoms. The number of hydrogen-bond donors (Lipinski definition) is 0. The van der Waals surface area contributed by atoms with Gasteiger partial charge in [0.1, 0.15) is 5.75 Å². The second kappa shape index (κ2) is 7.96. The molecule has 0 amide bonds. The van der Waals surface area contributed by atoms with Gasteiger partial charge in [0.05, 0.1) is 12.8 Å². The Labute approximate surface area is 172 Å². The predicted molar refractivity (Wildman–Crippen MR) is 122 cm³/mol. The topological polar surface area (TPSA) is 26.5 Å². The molecule has 1 unspecified atom stereocenters. The summed E-state index contributed by atoms with van der Waals surface area (Å²) in [6.07, 6.45) is 2.01. The molecule has 0 fully saturated rings. The van der Waals surface area contributed by atoms with Gasteiger partial charge >= 0.3 is 0 Å². The first-order valence-corrected chi connectivity index (χ1v) is 9.91. The Hall–Kier alpha value is -3.33. The molecule has 0 saturated carbocycles. The highest BCUT2D eigenvalue weighted by Gasteiger charge is 2.21. The average molecular weight is 383 g/mol. The summed E-state index contributed by atoms with van der Waals surface area (Å²) in [6.45, 7) is 4.46. The first kappa shape index (κ1) is 19.0. The van der Waals surface area contributed by atoms with E-state index in [-0.39, 0.29) is 5.92 Å². The van der Waals surface area contributed by atoms with Crippen LogP contribution in [-0.4, -0.2) is 17.9 Å². The third-order valence-corrected chi connectivity index (χ3v) is 5.67. The van der Waals surface area contributed by atoms with Crippen molar-refractivity contribution in [1.29, 1.82) is 0 Å². The highest BCUT2D eigenvalue weighted by molar-refractivity contribution is 6.02. The van der Waals surface area contributed by atoms with Crippen molar-refractivity contribution in [2.75, 3.05) is 7.11 Å². The average Bonchev–Trinajstić information content (AvgIpc) is 3.04. The van der Waals surface area contributed by atoms with Gasteiger partial charge in [0.25, 0.3) is 0 Å². The first-order valence-electron chi connectivity index (χ1n) is 9.91. The monoisotopic (exact) mass is 382 g/mol. The van der Waals surface area contributed by atoms with Crippen molar-refractivity contribution in [3.8, 4) is 5.75 Å². The molecule has 1 heterocycles. The molecular formula is C26H26N2O. The summed E-state index contributed by atoms with van der Waals surface area (Å²) >= 11 is 0. The quantitative estimate of drug-likeness (QED) is 0.367. The largest absolute Gasteiger partial charge is 0.497 e. The molecule has 1 atom stereocenters. The molecular weight excluding hydrogens is 356 g/mol. The maximum atomic E-state index is 5.25. The van der Waals surface area contributed by atoms with E-state index in [4.69, 9.17) is 9.73 Å². The van der Waals surface area contributed by atoms with Gasteiger partial charge in [-0.2, -0.15) is 0 Å². The Morgan fingerprint density at radius 3 is 2.34 bits per heavy atom. The number of aromatic nitrogens is 1. The summed E-state index contributed by atoms with van der Waals surface area (Å²) < 4.78 is 7.56. The highest BCUT2D eigenvalue weighted by Crippen LogP contribution is 2.34. The van der Waals surface area contributed by atoms with E-state index in [1.54, 1.807) is 7.11 Å². The zero-order valence-corrected chi connectivity index (χ0v) is 17.4. The highest BCUT2D eigenvalue weighted by atomic mass is 16.5. The molecule has 0 radical (unpaired) electrons. The molecule has 146 valence electrons. The van der Waals surface area contributed by atoms with Crippen LogP contribution in [0.4, 0.5) is 5.69 Å². The molecule has 3 nitrogen and oxygen atoms in total. The van der Waals surface area contributed by atoms with Gasteiger partial charge in [-0.15, -0.1) is 0 Å². The summed E-state index contributed by atoms with van der Waals surface area (Å²) in [5.74, 6) is 1.09. The normalized spacial score (nSPS) is 12.6. The summed E-state index contributed by atoms with van der Waals surface area (Å²) in [5, 5.41) is 1.22. The summed E-state index contributed by atoms with van der Waals surface area (Å²) in [4.78, 5) is 4.78. The van der Waals surface area contributed by atoms with Crippen LogP contribution < -0.4 is 4.74 Å². The fraction of sp³-hybridized carbons (Fsp3) is 0.192. The van der Waals surface area contributed by atoms with Crippen molar-refractivity contribution >= 4 is 22.8 Å². The van der Waals surface area contributed by atoms with Crippen molar-refractivity contribution < 1.29 is 4.74 Å². The molecule has 0 aliphatic carbocycles. The lowest BCUT2D eigenvalue weighted by Crippen LogP contribution is -2.07. The van der Waals surface area contributed by atoms with E-state index in [2.05, 4.69) is 74.0 Å². The molecule has 0 aliphatic rings. The summed E-state index contributed by atoms with van der Waals surface area (Å²) in [6, 6.07) is 25.0. The zero-order chi connectivity index (χ0) is 20.4. The lowest BCUT2D eigenvalue weighted by atomic mass is 9.91. The molecule has 3 aromatic carbocycles. The predicted octanol–water partition coefficient (Wildman–Crippen LogP) is 6.40. The van der Waals surface area contributed by atoms with E-state index in [1.807, 2.05) is 30.5 Å². The molecule has 1 aromatic heterocycles. The van der Waals surface area contributed by atoms with E-state index in [0.717, 1.165) is 11.4 Å². The van der Waals surface area contributed by atoms with Gasteiger partial charge in [0.2, 0.25) is 0 Å². The van der Waals surface area contributed by atoms with Crippen LogP contribution in [0.3, 0.4) is 0 Å². The molecule has 29 heavy (non-hydrogen) atoms. The molecule has 4 aromatic rings. The lowest BCUT2D eigenvalue weighted by Gasteiger charge is -2.17. The van der Waals surface area contributed by atoms with E-state index >= 15 is 0 Å². The van der Waals surface area contributed by atoms with Gasteiger partial charge < -0.3 is 9.30 Å². The maximum Gasteiger partial charge on any atom is 0.119 e. The van der Waals surface area contributed by atoms with Crippen LogP contribution in [0.2, 0.25) is 0 Å². The number of hydrogen-bond acceptors (Lipinski definition) is 2. The van der Waals surface area contributed by atoms with Crippen molar-refractivity contribution in [2.24, 2.45) is 12.0 Å². The van der Waals surface area contributed by atoms with Crippen LogP contribution in [0.1, 0.15) is 35.2 Å². The number of fused-ring (bicyclic) bond motifs is 1. The minimum Gasteiger partial charge on any atom is -0.497 e. The number of aliphatic imine (C=N–C) groups is 1. The van der Waals surface area contributed by atoms with E-state index in [1.165, 1.54) is 33.3 Å². The molecule has 0 saturated heterocycles. The fourth-order valence-corrected chi connectivity index (χ4v) is 4.13. The SMILES string of the molecule is COc1ccc(N=Cc2c(C(C)c3ccccc3C)n(C)c3ccccc23)cc1. The number of nitrogens with zero attached hydrogens (tertiary/aromatic N) is 2. The van der Waals surface area contributed by atoms with Crippen LogP contribution in [-0.2, 0) is 7.05 Å². The molecule has 0 spiro atoms. The van der Waals surface area contributed by atoms with Gasteiger partial charge in [-0.05, 0) is 48.4 Å². The Kier molecular flexibility index (Phi) is 5.22. The fourth-order valence-electron chi connectivity index (χ4n) is 4.13. The van der Waals surface area contributed by atoms with Gasteiger partial charge in [-0.1, -0.05) is 49.4 Å². The van der Waals surface area contributed by atoms with Crippen LogP contribution >= 0.6 is 0 Å². The van der Waals surface area contributed by atoms with Gasteiger partial charge in [0.15, 0.2) is 0 Å². The van der Waals surface area contributed by atoms with E-state index in [9.17, 15) is 0 Å². The molecule has 0 N–H and O–H groups in total. The number of benzene rings is 3. The van der Waals surface area contributed by atoms with Crippen molar-refractivity contribution in [2.45, 2.75) is 19.8 Å². The minimum absolute atomic E-state index is 0.255. The zero-order valence-electron chi connectivity index (χ0n) is 17.4. The number of methoxy groups -OCH3 is 1. The number of aryl methyl sites for hydroxylation is 2. The molecule has 0 aliphatic heterocycles. The van der Waals surface area contributed by atoms with Crippen LogP contribution in [0.5, 0.6) is 5.75 Å². The standard InChI is InChI=1S/C26H26N2O/c1-18-9-5-6-10-22(18)19(2)26-24(23-11-7-8-12-25(23)28(26)3)17-27-20-13-15-21(29-4)16-14-20/h5-17,19H,1-4H3. The van der Waals surface area contributed by atoms with Gasteiger partial charge in [0, 0.05) is 41.3 Å². The maximum absolute atomic E-state index is 5.25. The first-order chi connectivity index (χ1) is 14.1. The Bertz CT molecular complexity index is 1170. The van der Waals surface area contributed by atoms with Crippen molar-refractivity contribution in [3.63, 3.8) is 0 Å². The number of rotatable bonds is 5. The third kappa shape index (κ3) is 3.56. The summed E-state index contributed by atoms with van der Waals surface area (Å²) in [7, 11) is 3.82. The summed E-state index contributed by atoms with van der Waals surface area (Å²) in [5.41, 5.74) is 7.24. The molecule has 4 rings (SSSR count). The lowest BCUT2D eigenvalue weighted by molar-refractivity contribution is 0.415. The third-order valence-electron chi connectivity index (χ3n) is 5.67. The van der Waals surface area contributed by atoms with Crippen LogP contribution in [0, 0.1) is 6.92 Å². The Morgan fingerprint density at radius 1 is 0.931 bits per heavy atom. The van der Waals surface area contributed by atoms with Gasteiger partial charge in [-0.3, -0.25) is 4.99 Å².